The van der Waals surface area contributed by atoms with Crippen molar-refractivity contribution in [2.75, 3.05) is 16.4 Å². The Morgan fingerprint density at radius 3 is 2.05 bits per heavy atom. The first-order valence-corrected chi connectivity index (χ1v) is 7.06. The smallest absolute Gasteiger partial charge is 0.314 e. The summed E-state index contributed by atoms with van der Waals surface area (Å²) in [6.07, 6.45) is 0. The van der Waals surface area contributed by atoms with Gasteiger partial charge in [0, 0.05) is 15.8 Å². The SMILES string of the molecule is Nc1ccc(NC(=O)C(=O)Nc2ccc(Br)cc2)cc1Cl. The molecule has 0 fully saturated rings. The monoisotopic (exact) mass is 367 g/mol. The average Bonchev–Trinajstić information content (AvgIpc) is 2.45. The van der Waals surface area contributed by atoms with E-state index >= 15 is 0 Å². The molecule has 7 heteroatoms. The topological polar surface area (TPSA) is 84.2 Å². The van der Waals surface area contributed by atoms with Crippen LogP contribution in [0.3, 0.4) is 0 Å². The minimum absolute atomic E-state index is 0.307. The molecule has 0 aliphatic carbocycles. The van der Waals surface area contributed by atoms with Crippen LogP contribution in [0.15, 0.2) is 46.9 Å². The predicted octanol–water partition coefficient (Wildman–Crippen LogP) is 3.26. The van der Waals surface area contributed by atoms with Gasteiger partial charge in [-0.15, -0.1) is 0 Å². The number of carbonyl (C=O) groups excluding carboxylic acids is 2. The molecule has 2 aromatic rings. The summed E-state index contributed by atoms with van der Waals surface area (Å²) >= 11 is 9.12. The van der Waals surface area contributed by atoms with Gasteiger partial charge in [-0.25, -0.2) is 0 Å². The van der Waals surface area contributed by atoms with Crippen molar-refractivity contribution in [2.45, 2.75) is 0 Å². The van der Waals surface area contributed by atoms with Gasteiger partial charge in [0.2, 0.25) is 0 Å². The lowest BCUT2D eigenvalue weighted by molar-refractivity contribution is -0.132. The maximum absolute atomic E-state index is 11.8. The molecule has 0 aliphatic rings. The highest BCUT2D eigenvalue weighted by Crippen LogP contribution is 2.22. The van der Waals surface area contributed by atoms with E-state index in [9.17, 15) is 9.59 Å². The number of nitrogens with one attached hydrogen (secondary N) is 2. The molecule has 0 unspecified atom stereocenters. The molecule has 4 N–H and O–H groups in total. The van der Waals surface area contributed by atoms with E-state index in [2.05, 4.69) is 26.6 Å². The van der Waals surface area contributed by atoms with Crippen LogP contribution >= 0.6 is 27.5 Å². The highest BCUT2D eigenvalue weighted by Gasteiger charge is 2.14. The van der Waals surface area contributed by atoms with Gasteiger partial charge in [0.25, 0.3) is 0 Å². The van der Waals surface area contributed by atoms with E-state index in [1.54, 1.807) is 36.4 Å². The Hall–Kier alpha value is -2.05. The Labute approximate surface area is 134 Å². The van der Waals surface area contributed by atoms with Crippen LogP contribution in [0.4, 0.5) is 17.1 Å². The molecule has 108 valence electrons. The molecule has 5 nitrogen and oxygen atoms in total. The van der Waals surface area contributed by atoms with Crippen molar-refractivity contribution < 1.29 is 9.59 Å². The summed E-state index contributed by atoms with van der Waals surface area (Å²) in [5.41, 5.74) is 6.88. The lowest BCUT2D eigenvalue weighted by Crippen LogP contribution is -2.29. The highest BCUT2D eigenvalue weighted by atomic mass is 79.9. The molecule has 2 rings (SSSR count). The number of amides is 2. The number of hydrogen-bond donors (Lipinski definition) is 3. The summed E-state index contributed by atoms with van der Waals surface area (Å²) in [7, 11) is 0. The fourth-order valence-corrected chi connectivity index (χ4v) is 1.96. The number of nitrogen functional groups attached to an aromatic ring is 1. The molecule has 0 bridgehead atoms. The van der Waals surface area contributed by atoms with Crippen LogP contribution in [-0.4, -0.2) is 11.8 Å². The number of carbonyl (C=O) groups is 2. The minimum Gasteiger partial charge on any atom is -0.398 e. The van der Waals surface area contributed by atoms with Gasteiger partial charge in [-0.2, -0.15) is 0 Å². The lowest BCUT2D eigenvalue weighted by atomic mass is 10.3. The number of anilines is 3. The van der Waals surface area contributed by atoms with E-state index in [0.29, 0.717) is 22.1 Å². The first-order valence-electron chi connectivity index (χ1n) is 5.88. The lowest BCUT2D eigenvalue weighted by Gasteiger charge is -2.07. The van der Waals surface area contributed by atoms with Crippen molar-refractivity contribution in [3.8, 4) is 0 Å². The van der Waals surface area contributed by atoms with E-state index in [0.717, 1.165) is 4.47 Å². The molecule has 2 amide bonds. The van der Waals surface area contributed by atoms with Crippen LogP contribution < -0.4 is 16.4 Å². The fourth-order valence-electron chi connectivity index (χ4n) is 1.51. The van der Waals surface area contributed by atoms with E-state index in [1.807, 2.05) is 0 Å². The standard InChI is InChI=1S/C14H11BrClN3O2/c15-8-1-3-9(4-2-8)18-13(20)14(21)19-10-5-6-12(17)11(16)7-10/h1-7H,17H2,(H,18,20)(H,19,21). The number of hydrogen-bond acceptors (Lipinski definition) is 3. The second-order valence-corrected chi connectivity index (χ2v) is 5.47. The van der Waals surface area contributed by atoms with Crippen molar-refractivity contribution in [1.29, 1.82) is 0 Å². The first kappa shape index (κ1) is 15.3. The maximum atomic E-state index is 11.8. The molecule has 0 saturated carbocycles. The molecular weight excluding hydrogens is 358 g/mol. The summed E-state index contributed by atoms with van der Waals surface area (Å²) < 4.78 is 0.876. The summed E-state index contributed by atoms with van der Waals surface area (Å²) in [4.78, 5) is 23.5. The Morgan fingerprint density at radius 1 is 0.952 bits per heavy atom. The minimum atomic E-state index is -0.793. The van der Waals surface area contributed by atoms with Crippen LogP contribution in [0, 0.1) is 0 Å². The molecule has 0 aliphatic heterocycles. The van der Waals surface area contributed by atoms with Crippen LogP contribution in [0.1, 0.15) is 0 Å². The van der Waals surface area contributed by atoms with E-state index in [-0.39, 0.29) is 0 Å². The zero-order valence-electron chi connectivity index (χ0n) is 10.7. The number of nitrogens with two attached hydrogens (primary N) is 1. The van der Waals surface area contributed by atoms with Crippen LogP contribution in [0.2, 0.25) is 5.02 Å². The molecule has 0 spiro atoms. The third-order valence-corrected chi connectivity index (χ3v) is 3.42. The average molecular weight is 369 g/mol. The largest absolute Gasteiger partial charge is 0.398 e. The highest BCUT2D eigenvalue weighted by molar-refractivity contribution is 9.10. The Morgan fingerprint density at radius 2 is 1.48 bits per heavy atom. The molecular formula is C14H11BrClN3O2. The molecule has 21 heavy (non-hydrogen) atoms. The molecule has 0 heterocycles. The summed E-state index contributed by atoms with van der Waals surface area (Å²) in [5, 5.41) is 5.23. The molecule has 2 aromatic carbocycles. The van der Waals surface area contributed by atoms with Crippen molar-refractivity contribution >= 4 is 56.4 Å². The quantitative estimate of drug-likeness (QED) is 0.562. The summed E-state index contributed by atoms with van der Waals surface area (Å²) in [5.74, 6) is -1.57. The van der Waals surface area contributed by atoms with Gasteiger partial charge in [0.05, 0.1) is 10.7 Å². The van der Waals surface area contributed by atoms with Gasteiger partial charge in [-0.1, -0.05) is 27.5 Å². The molecule has 0 aromatic heterocycles. The van der Waals surface area contributed by atoms with Crippen LogP contribution in [0.5, 0.6) is 0 Å². The Balaban J connectivity index is 2.00. The van der Waals surface area contributed by atoms with Crippen LogP contribution in [0.25, 0.3) is 0 Å². The van der Waals surface area contributed by atoms with Gasteiger partial charge < -0.3 is 16.4 Å². The molecule has 0 atom stereocenters. The maximum Gasteiger partial charge on any atom is 0.314 e. The summed E-state index contributed by atoms with van der Waals surface area (Å²) in [6, 6.07) is 11.4. The number of benzene rings is 2. The zero-order chi connectivity index (χ0) is 15.4. The third-order valence-electron chi connectivity index (χ3n) is 2.57. The van der Waals surface area contributed by atoms with Crippen molar-refractivity contribution in [2.24, 2.45) is 0 Å². The van der Waals surface area contributed by atoms with E-state index < -0.39 is 11.8 Å². The van der Waals surface area contributed by atoms with E-state index in [1.165, 1.54) is 6.07 Å². The normalized spacial score (nSPS) is 10.0. The first-order chi connectivity index (χ1) is 9.95. The molecule has 0 radical (unpaired) electrons. The second kappa shape index (κ2) is 6.60. The predicted molar refractivity (Wildman–Crippen MR) is 87.3 cm³/mol. The van der Waals surface area contributed by atoms with Gasteiger partial charge in [-0.3, -0.25) is 9.59 Å². The van der Waals surface area contributed by atoms with Crippen molar-refractivity contribution in [3.05, 3.63) is 52.0 Å². The fraction of sp³-hybridized carbons (Fsp3) is 0. The van der Waals surface area contributed by atoms with Crippen molar-refractivity contribution in [1.82, 2.24) is 0 Å². The Kier molecular flexibility index (Phi) is 4.82. The number of halogens is 2. The van der Waals surface area contributed by atoms with Gasteiger partial charge in [0.1, 0.15) is 0 Å². The van der Waals surface area contributed by atoms with E-state index in [4.69, 9.17) is 17.3 Å². The van der Waals surface area contributed by atoms with Gasteiger partial charge >= 0.3 is 11.8 Å². The Bertz CT molecular complexity index is 689. The van der Waals surface area contributed by atoms with Gasteiger partial charge in [0.15, 0.2) is 0 Å². The van der Waals surface area contributed by atoms with Crippen molar-refractivity contribution in [3.63, 3.8) is 0 Å². The molecule has 0 saturated heterocycles. The van der Waals surface area contributed by atoms with Crippen LogP contribution in [-0.2, 0) is 9.59 Å². The summed E-state index contributed by atoms with van der Waals surface area (Å²) in [6.45, 7) is 0. The van der Waals surface area contributed by atoms with Gasteiger partial charge in [-0.05, 0) is 42.5 Å². The second-order valence-electron chi connectivity index (χ2n) is 4.15. The number of rotatable bonds is 2. The third kappa shape index (κ3) is 4.21. The zero-order valence-corrected chi connectivity index (χ0v) is 13.0.